The Hall–Kier alpha value is -0.120. The third kappa shape index (κ3) is 2.98. The molecule has 0 aromatic carbocycles. The van der Waals surface area contributed by atoms with Crippen LogP contribution in [0.3, 0.4) is 0 Å². The third-order valence-corrected chi connectivity index (χ3v) is 5.62. The zero-order valence-electron chi connectivity index (χ0n) is 12.8. The van der Waals surface area contributed by atoms with Gasteiger partial charge in [0.15, 0.2) is 0 Å². The molecule has 1 N–H and O–H groups in total. The zero-order valence-corrected chi connectivity index (χ0v) is 12.8. The zero-order chi connectivity index (χ0) is 13.2. The highest BCUT2D eigenvalue weighted by Gasteiger charge is 2.41. The van der Waals surface area contributed by atoms with Crippen LogP contribution in [0.15, 0.2) is 0 Å². The number of nitrogens with zero attached hydrogens (tertiary/aromatic N) is 2. The highest BCUT2D eigenvalue weighted by atomic mass is 15.3. The van der Waals surface area contributed by atoms with E-state index in [0.29, 0.717) is 0 Å². The Morgan fingerprint density at radius 1 is 1.11 bits per heavy atom. The highest BCUT2D eigenvalue weighted by Crippen LogP contribution is 2.36. The lowest BCUT2D eigenvalue weighted by atomic mass is 9.96. The van der Waals surface area contributed by atoms with Crippen molar-refractivity contribution in [3.8, 4) is 0 Å². The molecule has 0 amide bonds. The van der Waals surface area contributed by atoms with Gasteiger partial charge in [0.25, 0.3) is 0 Å². The largest absolute Gasteiger partial charge is 0.314 e. The van der Waals surface area contributed by atoms with Crippen LogP contribution in [0.1, 0.15) is 52.4 Å². The van der Waals surface area contributed by atoms with Crippen molar-refractivity contribution in [1.29, 1.82) is 0 Å². The van der Waals surface area contributed by atoms with Gasteiger partial charge in [-0.25, -0.2) is 0 Å². The van der Waals surface area contributed by atoms with Crippen molar-refractivity contribution < 1.29 is 0 Å². The molecule has 3 aliphatic heterocycles. The molecule has 0 aliphatic carbocycles. The van der Waals surface area contributed by atoms with Gasteiger partial charge in [0, 0.05) is 30.7 Å². The van der Waals surface area contributed by atoms with Crippen molar-refractivity contribution in [3.63, 3.8) is 0 Å². The van der Waals surface area contributed by atoms with E-state index in [9.17, 15) is 0 Å². The minimum absolute atomic E-state index is 0.765. The maximum Gasteiger partial charge on any atom is 0.0195 e. The molecule has 3 saturated heterocycles. The van der Waals surface area contributed by atoms with E-state index in [0.717, 1.165) is 30.7 Å². The Kier molecular flexibility index (Phi) is 4.45. The molecule has 3 heterocycles. The van der Waals surface area contributed by atoms with Crippen molar-refractivity contribution >= 4 is 0 Å². The average molecular weight is 265 g/mol. The van der Waals surface area contributed by atoms with Crippen LogP contribution in [0.4, 0.5) is 0 Å². The first-order valence-corrected chi connectivity index (χ1v) is 8.51. The second-order valence-corrected chi connectivity index (χ2v) is 6.90. The molecule has 0 saturated carbocycles. The van der Waals surface area contributed by atoms with Gasteiger partial charge in [0.1, 0.15) is 0 Å². The molecule has 3 heteroatoms. The van der Waals surface area contributed by atoms with Gasteiger partial charge >= 0.3 is 0 Å². The average Bonchev–Trinajstić information content (AvgIpc) is 2.99. The van der Waals surface area contributed by atoms with Gasteiger partial charge < -0.3 is 5.32 Å². The van der Waals surface area contributed by atoms with Crippen molar-refractivity contribution in [1.82, 2.24) is 15.1 Å². The fraction of sp³-hybridized carbons (Fsp3) is 1.00. The van der Waals surface area contributed by atoms with E-state index in [4.69, 9.17) is 0 Å². The SMILES string of the molecule is CCNC1CC2CCC(C1)N2CC(C)N1CCCC1. The molecule has 0 aromatic heterocycles. The molecule has 19 heavy (non-hydrogen) atoms. The summed E-state index contributed by atoms with van der Waals surface area (Å²) in [6, 6.07) is 3.29. The minimum atomic E-state index is 0.765. The first-order valence-electron chi connectivity index (χ1n) is 8.51. The van der Waals surface area contributed by atoms with Crippen LogP contribution >= 0.6 is 0 Å². The number of rotatable bonds is 5. The number of hydrogen-bond acceptors (Lipinski definition) is 3. The molecule has 2 bridgehead atoms. The molecule has 0 aromatic rings. The number of hydrogen-bond donors (Lipinski definition) is 1. The lowest BCUT2D eigenvalue weighted by Crippen LogP contribution is -2.52. The fourth-order valence-electron chi connectivity index (χ4n) is 4.63. The van der Waals surface area contributed by atoms with Gasteiger partial charge in [-0.05, 0) is 65.1 Å². The summed E-state index contributed by atoms with van der Waals surface area (Å²) in [5.41, 5.74) is 0. The van der Waals surface area contributed by atoms with Crippen LogP contribution in [-0.4, -0.2) is 60.1 Å². The maximum absolute atomic E-state index is 3.68. The van der Waals surface area contributed by atoms with E-state index in [1.807, 2.05) is 0 Å². The van der Waals surface area contributed by atoms with Gasteiger partial charge in [-0.1, -0.05) is 6.92 Å². The van der Waals surface area contributed by atoms with Crippen molar-refractivity contribution in [3.05, 3.63) is 0 Å². The summed E-state index contributed by atoms with van der Waals surface area (Å²) in [7, 11) is 0. The summed E-state index contributed by atoms with van der Waals surface area (Å²) in [5.74, 6) is 0. The van der Waals surface area contributed by atoms with Crippen LogP contribution in [0, 0.1) is 0 Å². The van der Waals surface area contributed by atoms with Crippen LogP contribution in [0.2, 0.25) is 0 Å². The van der Waals surface area contributed by atoms with Crippen molar-refractivity contribution in [2.75, 3.05) is 26.2 Å². The van der Waals surface area contributed by atoms with Gasteiger partial charge in [0.05, 0.1) is 0 Å². The summed E-state index contributed by atoms with van der Waals surface area (Å²) in [4.78, 5) is 5.56. The predicted octanol–water partition coefficient (Wildman–Crippen LogP) is 2.08. The number of piperidine rings is 1. The summed E-state index contributed by atoms with van der Waals surface area (Å²) >= 11 is 0. The molecule has 3 fully saturated rings. The Bertz CT molecular complexity index is 274. The van der Waals surface area contributed by atoms with E-state index in [-0.39, 0.29) is 0 Å². The van der Waals surface area contributed by atoms with Gasteiger partial charge in [-0.2, -0.15) is 0 Å². The molecule has 3 rings (SSSR count). The normalized spacial score (nSPS) is 37.9. The fourth-order valence-corrected chi connectivity index (χ4v) is 4.63. The third-order valence-electron chi connectivity index (χ3n) is 5.62. The van der Waals surface area contributed by atoms with Crippen LogP contribution in [-0.2, 0) is 0 Å². The first-order chi connectivity index (χ1) is 9.28. The predicted molar refractivity (Wildman–Crippen MR) is 80.5 cm³/mol. The summed E-state index contributed by atoms with van der Waals surface area (Å²) in [6.45, 7) is 9.81. The van der Waals surface area contributed by atoms with Gasteiger partial charge in [-0.3, -0.25) is 9.80 Å². The minimum Gasteiger partial charge on any atom is -0.314 e. The lowest BCUT2D eigenvalue weighted by Gasteiger charge is -2.41. The monoisotopic (exact) mass is 265 g/mol. The topological polar surface area (TPSA) is 18.5 Å². The summed E-state index contributed by atoms with van der Waals surface area (Å²) in [5, 5.41) is 3.68. The Labute approximate surface area is 118 Å². The Morgan fingerprint density at radius 2 is 1.74 bits per heavy atom. The Morgan fingerprint density at radius 3 is 2.32 bits per heavy atom. The summed E-state index contributed by atoms with van der Waals surface area (Å²) in [6.07, 6.45) is 8.49. The number of likely N-dealkylation sites (tertiary alicyclic amines) is 1. The van der Waals surface area contributed by atoms with E-state index in [2.05, 4.69) is 29.0 Å². The molecule has 3 nitrogen and oxygen atoms in total. The molecular weight excluding hydrogens is 234 g/mol. The molecule has 0 radical (unpaired) electrons. The smallest absolute Gasteiger partial charge is 0.0195 e. The van der Waals surface area contributed by atoms with Crippen LogP contribution in [0.5, 0.6) is 0 Å². The van der Waals surface area contributed by atoms with Gasteiger partial charge in [0.2, 0.25) is 0 Å². The quantitative estimate of drug-likeness (QED) is 0.821. The molecule has 3 atom stereocenters. The summed E-state index contributed by atoms with van der Waals surface area (Å²) < 4.78 is 0. The molecule has 3 aliphatic rings. The molecule has 3 unspecified atom stereocenters. The van der Waals surface area contributed by atoms with Gasteiger partial charge in [-0.15, -0.1) is 0 Å². The Balaban J connectivity index is 1.54. The van der Waals surface area contributed by atoms with Crippen molar-refractivity contribution in [2.45, 2.75) is 76.5 Å². The lowest BCUT2D eigenvalue weighted by molar-refractivity contribution is 0.0827. The van der Waals surface area contributed by atoms with Crippen LogP contribution < -0.4 is 5.32 Å². The van der Waals surface area contributed by atoms with Crippen molar-refractivity contribution in [2.24, 2.45) is 0 Å². The molecule has 0 spiro atoms. The van der Waals surface area contributed by atoms with E-state index < -0.39 is 0 Å². The molecule has 110 valence electrons. The van der Waals surface area contributed by atoms with E-state index >= 15 is 0 Å². The molecular formula is C16H31N3. The second kappa shape index (κ2) is 6.11. The van der Waals surface area contributed by atoms with Crippen LogP contribution in [0.25, 0.3) is 0 Å². The maximum atomic E-state index is 3.68. The second-order valence-electron chi connectivity index (χ2n) is 6.90. The first kappa shape index (κ1) is 13.8. The van der Waals surface area contributed by atoms with E-state index in [1.165, 1.54) is 58.2 Å². The van der Waals surface area contributed by atoms with E-state index in [1.54, 1.807) is 0 Å². The number of nitrogens with one attached hydrogen (secondary N) is 1. The highest BCUT2D eigenvalue weighted by molar-refractivity contribution is 4.98. The standard InChI is InChI=1S/C16H31N3/c1-3-17-14-10-15-6-7-16(11-14)19(15)12-13(2)18-8-4-5-9-18/h13-17H,3-12H2,1-2H3. The number of fused-ring (bicyclic) bond motifs is 2.